The van der Waals surface area contributed by atoms with Crippen molar-refractivity contribution in [2.45, 2.75) is 47.1 Å². The van der Waals surface area contributed by atoms with Crippen LogP contribution in [0.5, 0.6) is 0 Å². The van der Waals surface area contributed by atoms with Gasteiger partial charge in [-0.15, -0.1) is 0 Å². The number of rotatable bonds is 7. The molecule has 0 aliphatic rings. The third kappa shape index (κ3) is 7.91. The van der Waals surface area contributed by atoms with Crippen LogP contribution in [0.25, 0.3) is 0 Å². The summed E-state index contributed by atoms with van der Waals surface area (Å²) in [5, 5.41) is 9.48. The number of anilines is 2. The Balaban J connectivity index is 2.43. The van der Waals surface area contributed by atoms with Crippen LogP contribution in [-0.2, 0) is 4.74 Å². The number of carbonyl (C=O) groups is 1. The summed E-state index contributed by atoms with van der Waals surface area (Å²) in [6.07, 6.45) is -0.430. The van der Waals surface area contributed by atoms with Gasteiger partial charge in [0, 0.05) is 37.6 Å². The molecule has 0 spiro atoms. The number of nitrogens with one attached hydrogen (secondary N) is 3. The summed E-state index contributed by atoms with van der Waals surface area (Å²) in [6.45, 7) is 14.7. The Hall–Kier alpha value is -2.02. The van der Waals surface area contributed by atoms with Crippen LogP contribution >= 0.6 is 12.2 Å². The number of hydrogen-bond donors (Lipinski definition) is 3. The Kier molecular flexibility index (Phi) is 8.65. The highest BCUT2D eigenvalue weighted by molar-refractivity contribution is 7.80. The molecule has 0 aliphatic heterocycles. The van der Waals surface area contributed by atoms with Crippen LogP contribution < -0.4 is 20.9 Å². The van der Waals surface area contributed by atoms with Crippen molar-refractivity contribution >= 4 is 34.8 Å². The number of benzene rings is 1. The predicted molar refractivity (Wildman–Crippen MR) is 113 cm³/mol. The highest BCUT2D eigenvalue weighted by atomic mass is 32.1. The minimum atomic E-state index is -0.497. The fourth-order valence-electron chi connectivity index (χ4n) is 2.39. The van der Waals surface area contributed by atoms with E-state index in [0.29, 0.717) is 18.2 Å². The van der Waals surface area contributed by atoms with E-state index in [1.807, 2.05) is 26.8 Å². The second kappa shape index (κ2) is 10.2. The molecule has 0 heterocycles. The van der Waals surface area contributed by atoms with E-state index in [4.69, 9.17) is 17.0 Å². The molecular formula is C19H32N4O2S. The van der Waals surface area contributed by atoms with Gasteiger partial charge in [-0.2, -0.15) is 0 Å². The molecule has 0 radical (unpaired) electrons. The molecule has 0 atom stereocenters. The molecule has 26 heavy (non-hydrogen) atoms. The van der Waals surface area contributed by atoms with Crippen molar-refractivity contribution in [3.63, 3.8) is 0 Å². The molecule has 6 nitrogen and oxygen atoms in total. The highest BCUT2D eigenvalue weighted by Crippen LogP contribution is 2.22. The Bertz CT molecular complexity index is 610. The Morgan fingerprint density at radius 2 is 1.77 bits per heavy atom. The van der Waals surface area contributed by atoms with E-state index in [1.54, 1.807) is 0 Å². The van der Waals surface area contributed by atoms with Crippen molar-refractivity contribution in [1.82, 2.24) is 10.6 Å². The smallest absolute Gasteiger partial charge is 0.407 e. The maximum absolute atomic E-state index is 11.6. The predicted octanol–water partition coefficient (Wildman–Crippen LogP) is 3.65. The summed E-state index contributed by atoms with van der Waals surface area (Å²) < 4.78 is 5.17. The minimum absolute atomic E-state index is 0.427. The largest absolute Gasteiger partial charge is 0.444 e. The zero-order valence-corrected chi connectivity index (χ0v) is 17.5. The molecule has 0 unspecified atom stereocenters. The van der Waals surface area contributed by atoms with Gasteiger partial charge in [0.05, 0.1) is 0 Å². The molecule has 7 heteroatoms. The first-order valence-corrected chi connectivity index (χ1v) is 9.44. The average molecular weight is 381 g/mol. The van der Waals surface area contributed by atoms with Crippen LogP contribution in [0.4, 0.5) is 16.2 Å². The second-order valence-corrected chi connectivity index (χ2v) is 7.39. The fourth-order valence-corrected chi connectivity index (χ4v) is 2.61. The third-order valence-corrected chi connectivity index (χ3v) is 3.91. The lowest BCUT2D eigenvalue weighted by atomic mass is 10.1. The number of alkyl carbamates (subject to hydrolysis) is 1. The summed E-state index contributed by atoms with van der Waals surface area (Å²) in [5.41, 5.74) is 2.81. The molecular weight excluding hydrogens is 348 g/mol. The first-order valence-electron chi connectivity index (χ1n) is 9.03. The molecule has 1 aromatic carbocycles. The molecule has 3 N–H and O–H groups in total. The van der Waals surface area contributed by atoms with Crippen LogP contribution in [0.1, 0.15) is 40.2 Å². The quantitative estimate of drug-likeness (QED) is 0.496. The van der Waals surface area contributed by atoms with Gasteiger partial charge in [0.25, 0.3) is 0 Å². The molecule has 1 aromatic rings. The molecule has 146 valence electrons. The lowest BCUT2D eigenvalue weighted by Gasteiger charge is -2.22. The number of nitrogens with zero attached hydrogens (tertiary/aromatic N) is 1. The number of aryl methyl sites for hydroxylation is 1. The molecule has 1 rings (SSSR count). The number of ether oxygens (including phenoxy) is 1. The van der Waals surface area contributed by atoms with Crippen molar-refractivity contribution in [1.29, 1.82) is 0 Å². The van der Waals surface area contributed by atoms with Crippen molar-refractivity contribution < 1.29 is 9.53 Å². The van der Waals surface area contributed by atoms with Crippen LogP contribution in [0.3, 0.4) is 0 Å². The van der Waals surface area contributed by atoms with E-state index >= 15 is 0 Å². The van der Waals surface area contributed by atoms with E-state index in [0.717, 1.165) is 24.3 Å². The van der Waals surface area contributed by atoms with Gasteiger partial charge in [-0.3, -0.25) is 0 Å². The lowest BCUT2D eigenvalue weighted by Crippen LogP contribution is -2.39. The molecule has 1 amide bonds. The van der Waals surface area contributed by atoms with Gasteiger partial charge in [0.1, 0.15) is 5.60 Å². The lowest BCUT2D eigenvalue weighted by molar-refractivity contribution is 0.0529. The van der Waals surface area contributed by atoms with Gasteiger partial charge >= 0.3 is 6.09 Å². The van der Waals surface area contributed by atoms with Gasteiger partial charge < -0.3 is 25.6 Å². The van der Waals surface area contributed by atoms with Gasteiger partial charge in [-0.1, -0.05) is 0 Å². The van der Waals surface area contributed by atoms with Crippen molar-refractivity contribution in [2.75, 3.05) is 36.4 Å². The SMILES string of the molecule is CCN(CC)c1ccc(NC(=S)NCCNC(=O)OC(C)(C)C)c(C)c1. The standard InChI is InChI=1S/C19H32N4O2S/c1-7-23(8-2)15-9-10-16(14(3)13-15)22-17(26)20-11-12-21-18(24)25-19(4,5)6/h9-10,13H,7-8,11-12H2,1-6H3,(H,21,24)(H2,20,22,26). The van der Waals surface area contributed by atoms with Gasteiger partial charge in [-0.05, 0) is 77.5 Å². The second-order valence-electron chi connectivity index (χ2n) is 6.98. The highest BCUT2D eigenvalue weighted by Gasteiger charge is 2.15. The number of carbonyl (C=O) groups excluding carboxylic acids is 1. The van der Waals surface area contributed by atoms with Crippen molar-refractivity contribution in [3.8, 4) is 0 Å². The van der Waals surface area contributed by atoms with Crippen LogP contribution in [0.15, 0.2) is 18.2 Å². The van der Waals surface area contributed by atoms with Crippen LogP contribution in [-0.4, -0.2) is 43.0 Å². The van der Waals surface area contributed by atoms with Crippen molar-refractivity contribution in [2.24, 2.45) is 0 Å². The summed E-state index contributed by atoms with van der Waals surface area (Å²) >= 11 is 5.32. The topological polar surface area (TPSA) is 65.6 Å². The molecule has 0 aromatic heterocycles. The monoisotopic (exact) mass is 380 g/mol. The first kappa shape index (κ1) is 22.0. The van der Waals surface area contributed by atoms with E-state index in [2.05, 4.69) is 53.8 Å². The third-order valence-electron chi connectivity index (χ3n) is 3.67. The van der Waals surface area contributed by atoms with E-state index < -0.39 is 11.7 Å². The minimum Gasteiger partial charge on any atom is -0.444 e. The Morgan fingerprint density at radius 1 is 1.15 bits per heavy atom. The molecule has 0 fully saturated rings. The van der Waals surface area contributed by atoms with Crippen LogP contribution in [0.2, 0.25) is 0 Å². The molecule has 0 saturated carbocycles. The fraction of sp³-hybridized carbons (Fsp3) is 0.579. The number of thiocarbonyl (C=S) groups is 1. The summed E-state index contributed by atoms with van der Waals surface area (Å²) in [5.74, 6) is 0. The maximum atomic E-state index is 11.6. The summed E-state index contributed by atoms with van der Waals surface area (Å²) in [4.78, 5) is 13.9. The Labute approximate surface area is 162 Å². The summed E-state index contributed by atoms with van der Waals surface area (Å²) in [6, 6.07) is 6.28. The molecule has 0 saturated heterocycles. The average Bonchev–Trinajstić information content (AvgIpc) is 2.53. The number of hydrogen-bond acceptors (Lipinski definition) is 4. The molecule has 0 bridgehead atoms. The zero-order chi connectivity index (χ0) is 19.7. The van der Waals surface area contributed by atoms with E-state index in [-0.39, 0.29) is 0 Å². The first-order chi connectivity index (χ1) is 12.2. The summed E-state index contributed by atoms with van der Waals surface area (Å²) in [7, 11) is 0. The number of amides is 1. The molecule has 0 aliphatic carbocycles. The Morgan fingerprint density at radius 3 is 2.31 bits per heavy atom. The zero-order valence-electron chi connectivity index (χ0n) is 16.7. The van der Waals surface area contributed by atoms with E-state index in [1.165, 1.54) is 5.69 Å². The van der Waals surface area contributed by atoms with Gasteiger partial charge in [0.2, 0.25) is 0 Å². The van der Waals surface area contributed by atoms with Crippen molar-refractivity contribution in [3.05, 3.63) is 23.8 Å². The normalized spacial score (nSPS) is 10.8. The maximum Gasteiger partial charge on any atom is 0.407 e. The van der Waals surface area contributed by atoms with Gasteiger partial charge in [0.15, 0.2) is 5.11 Å². The van der Waals surface area contributed by atoms with Crippen LogP contribution in [0, 0.1) is 6.92 Å². The van der Waals surface area contributed by atoms with E-state index in [9.17, 15) is 4.79 Å². The van der Waals surface area contributed by atoms with Gasteiger partial charge in [-0.25, -0.2) is 4.79 Å².